The van der Waals surface area contributed by atoms with Gasteiger partial charge < -0.3 is 14.2 Å². The van der Waals surface area contributed by atoms with E-state index in [2.05, 4.69) is 36.1 Å². The van der Waals surface area contributed by atoms with Crippen LogP contribution in [0, 0.1) is 5.92 Å². The van der Waals surface area contributed by atoms with E-state index < -0.39 is 0 Å². The number of rotatable bonds is 7. The van der Waals surface area contributed by atoms with Gasteiger partial charge in [-0.05, 0) is 42.7 Å². The number of methoxy groups -OCH3 is 2. The van der Waals surface area contributed by atoms with Gasteiger partial charge in [0.05, 0.1) is 20.8 Å². The van der Waals surface area contributed by atoms with Gasteiger partial charge in [0.25, 0.3) is 0 Å². The maximum absolute atomic E-state index is 5.89. The van der Waals surface area contributed by atoms with Crippen molar-refractivity contribution in [3.8, 4) is 11.5 Å². The summed E-state index contributed by atoms with van der Waals surface area (Å²) in [6.07, 6.45) is 3.54. The van der Waals surface area contributed by atoms with Crippen LogP contribution in [0.25, 0.3) is 0 Å². The Labute approximate surface area is 172 Å². The fourth-order valence-corrected chi connectivity index (χ4v) is 5.96. The molecule has 0 unspecified atom stereocenters. The summed E-state index contributed by atoms with van der Waals surface area (Å²) in [5.41, 5.74) is 1.33. The lowest BCUT2D eigenvalue weighted by atomic mass is 9.83. The number of thiophene rings is 1. The van der Waals surface area contributed by atoms with Crippen LogP contribution in [0.5, 0.6) is 11.5 Å². The zero-order chi connectivity index (χ0) is 19.5. The van der Waals surface area contributed by atoms with Crippen molar-refractivity contribution in [2.45, 2.75) is 44.7 Å². The summed E-state index contributed by atoms with van der Waals surface area (Å²) in [6.45, 7) is 6.11. The molecule has 0 aliphatic carbocycles. The van der Waals surface area contributed by atoms with E-state index in [0.717, 1.165) is 44.2 Å². The first kappa shape index (κ1) is 19.7. The molecular formula is C23H31NO3S. The standard InChI is InChI=1S/C23H31NO3S/c1-4-5-17-7-8-18(28-17)13-24-14-19(20-15-27-11-10-21(20)24)16-6-9-22(25-2)23(12-16)26-3/h6-9,12,19-21H,4-5,10-11,13-15H2,1-3H3/t19-,20-,21-/m1/s1. The Balaban J connectivity index is 1.55. The Kier molecular flexibility index (Phi) is 6.24. The van der Waals surface area contributed by atoms with E-state index in [4.69, 9.17) is 14.2 Å². The molecule has 0 N–H and O–H groups in total. The molecule has 2 aliphatic rings. The number of benzene rings is 1. The molecule has 1 aromatic carbocycles. The summed E-state index contributed by atoms with van der Waals surface area (Å²) in [4.78, 5) is 5.69. The molecule has 0 saturated carbocycles. The fourth-order valence-electron chi connectivity index (χ4n) is 4.82. The van der Waals surface area contributed by atoms with E-state index in [1.165, 1.54) is 28.2 Å². The molecule has 5 heteroatoms. The van der Waals surface area contributed by atoms with Crippen LogP contribution in [-0.4, -0.2) is 44.9 Å². The highest BCUT2D eigenvalue weighted by atomic mass is 32.1. The third-order valence-electron chi connectivity index (χ3n) is 6.19. The molecular weight excluding hydrogens is 370 g/mol. The first-order valence-corrected chi connectivity index (χ1v) is 11.2. The van der Waals surface area contributed by atoms with Gasteiger partial charge in [0, 0.05) is 47.3 Å². The molecule has 3 atom stereocenters. The Hall–Kier alpha value is -1.56. The minimum Gasteiger partial charge on any atom is -0.493 e. The van der Waals surface area contributed by atoms with E-state index >= 15 is 0 Å². The zero-order valence-corrected chi connectivity index (χ0v) is 18.0. The summed E-state index contributed by atoms with van der Waals surface area (Å²) >= 11 is 1.98. The molecule has 2 aromatic rings. The van der Waals surface area contributed by atoms with Gasteiger partial charge in [0.1, 0.15) is 0 Å². The molecule has 3 heterocycles. The molecule has 2 fully saturated rings. The first-order chi connectivity index (χ1) is 13.7. The van der Waals surface area contributed by atoms with E-state index in [-0.39, 0.29) is 0 Å². The van der Waals surface area contributed by atoms with E-state index in [1.54, 1.807) is 14.2 Å². The van der Waals surface area contributed by atoms with Crippen molar-refractivity contribution in [2.75, 3.05) is 34.0 Å². The van der Waals surface area contributed by atoms with Gasteiger partial charge >= 0.3 is 0 Å². The second-order valence-electron chi connectivity index (χ2n) is 7.86. The predicted molar refractivity (Wildman–Crippen MR) is 114 cm³/mol. The summed E-state index contributed by atoms with van der Waals surface area (Å²) in [7, 11) is 3.40. The van der Waals surface area contributed by atoms with Crippen molar-refractivity contribution in [1.82, 2.24) is 4.90 Å². The Bertz CT molecular complexity index is 790. The van der Waals surface area contributed by atoms with Crippen molar-refractivity contribution >= 4 is 11.3 Å². The summed E-state index contributed by atoms with van der Waals surface area (Å²) < 4.78 is 16.9. The molecule has 2 saturated heterocycles. The van der Waals surface area contributed by atoms with Crippen molar-refractivity contribution in [3.05, 3.63) is 45.6 Å². The van der Waals surface area contributed by atoms with Gasteiger partial charge in [-0.25, -0.2) is 0 Å². The van der Waals surface area contributed by atoms with Crippen LogP contribution in [0.4, 0.5) is 0 Å². The molecule has 0 spiro atoms. The van der Waals surface area contributed by atoms with Gasteiger partial charge in [-0.15, -0.1) is 11.3 Å². The molecule has 0 radical (unpaired) electrons. The van der Waals surface area contributed by atoms with Gasteiger partial charge in [-0.3, -0.25) is 4.90 Å². The van der Waals surface area contributed by atoms with Crippen molar-refractivity contribution < 1.29 is 14.2 Å². The number of likely N-dealkylation sites (tertiary alicyclic amines) is 1. The molecule has 1 aromatic heterocycles. The van der Waals surface area contributed by atoms with E-state index in [9.17, 15) is 0 Å². The highest BCUT2D eigenvalue weighted by molar-refractivity contribution is 7.11. The van der Waals surface area contributed by atoms with Crippen LogP contribution in [-0.2, 0) is 17.7 Å². The van der Waals surface area contributed by atoms with Gasteiger partial charge in [-0.1, -0.05) is 19.4 Å². The van der Waals surface area contributed by atoms with Crippen LogP contribution in [0.1, 0.15) is 41.0 Å². The Morgan fingerprint density at radius 3 is 2.71 bits per heavy atom. The van der Waals surface area contributed by atoms with Crippen molar-refractivity contribution in [1.29, 1.82) is 0 Å². The highest BCUT2D eigenvalue weighted by Crippen LogP contribution is 2.43. The fraction of sp³-hybridized carbons (Fsp3) is 0.565. The second kappa shape index (κ2) is 8.85. The molecule has 4 nitrogen and oxygen atoms in total. The SMILES string of the molecule is CCCc1ccc(CN2C[C@H](c3ccc(OC)c(OC)c3)[C@H]3COCC[C@H]32)s1. The average Bonchev–Trinajstić information content (AvgIpc) is 3.33. The lowest BCUT2D eigenvalue weighted by molar-refractivity contribution is 0.0179. The quantitative estimate of drug-likeness (QED) is 0.672. The average molecular weight is 402 g/mol. The number of aryl methyl sites for hydroxylation is 1. The highest BCUT2D eigenvalue weighted by Gasteiger charge is 2.44. The molecule has 4 rings (SSSR count). The second-order valence-corrected chi connectivity index (χ2v) is 9.12. The maximum Gasteiger partial charge on any atom is 0.160 e. The van der Waals surface area contributed by atoms with Crippen LogP contribution in [0.15, 0.2) is 30.3 Å². The van der Waals surface area contributed by atoms with Gasteiger partial charge in [-0.2, -0.15) is 0 Å². The van der Waals surface area contributed by atoms with Gasteiger partial charge in [0.15, 0.2) is 11.5 Å². The normalized spacial score (nSPS) is 24.9. The van der Waals surface area contributed by atoms with Crippen LogP contribution >= 0.6 is 11.3 Å². The first-order valence-electron chi connectivity index (χ1n) is 10.3. The lowest BCUT2D eigenvalue weighted by Crippen LogP contribution is -2.38. The molecule has 152 valence electrons. The third kappa shape index (κ3) is 3.93. The smallest absolute Gasteiger partial charge is 0.160 e. The molecule has 0 bridgehead atoms. The van der Waals surface area contributed by atoms with Crippen LogP contribution < -0.4 is 9.47 Å². The minimum absolute atomic E-state index is 0.472. The maximum atomic E-state index is 5.89. The summed E-state index contributed by atoms with van der Waals surface area (Å²) in [5, 5.41) is 0. The summed E-state index contributed by atoms with van der Waals surface area (Å²) in [6, 6.07) is 11.6. The Morgan fingerprint density at radius 1 is 1.11 bits per heavy atom. The topological polar surface area (TPSA) is 30.9 Å². The van der Waals surface area contributed by atoms with Crippen molar-refractivity contribution in [2.24, 2.45) is 5.92 Å². The van der Waals surface area contributed by atoms with Gasteiger partial charge in [0.2, 0.25) is 0 Å². The predicted octanol–water partition coefficient (Wildman–Crippen LogP) is 4.72. The Morgan fingerprint density at radius 2 is 1.93 bits per heavy atom. The molecule has 28 heavy (non-hydrogen) atoms. The number of fused-ring (bicyclic) bond motifs is 1. The number of hydrogen-bond donors (Lipinski definition) is 0. The summed E-state index contributed by atoms with van der Waals surface area (Å²) in [5.74, 6) is 2.62. The third-order valence-corrected chi connectivity index (χ3v) is 7.32. The molecule has 2 aliphatic heterocycles. The molecule has 0 amide bonds. The zero-order valence-electron chi connectivity index (χ0n) is 17.1. The number of nitrogens with zero attached hydrogens (tertiary/aromatic N) is 1. The largest absolute Gasteiger partial charge is 0.493 e. The van der Waals surface area contributed by atoms with E-state index in [0.29, 0.717) is 17.9 Å². The number of ether oxygens (including phenoxy) is 3. The minimum atomic E-state index is 0.472. The van der Waals surface area contributed by atoms with Crippen LogP contribution in [0.2, 0.25) is 0 Å². The lowest BCUT2D eigenvalue weighted by Gasteiger charge is -2.32. The van der Waals surface area contributed by atoms with E-state index in [1.807, 2.05) is 17.4 Å². The van der Waals surface area contributed by atoms with Crippen molar-refractivity contribution in [3.63, 3.8) is 0 Å². The van der Waals surface area contributed by atoms with Crippen LogP contribution in [0.3, 0.4) is 0 Å². The number of hydrogen-bond acceptors (Lipinski definition) is 5. The monoisotopic (exact) mass is 401 g/mol.